The summed E-state index contributed by atoms with van der Waals surface area (Å²) in [6.45, 7) is 1.98. The van der Waals surface area contributed by atoms with Gasteiger partial charge in [-0.25, -0.2) is 0 Å². The van der Waals surface area contributed by atoms with Crippen molar-refractivity contribution < 1.29 is 23.9 Å². The highest BCUT2D eigenvalue weighted by molar-refractivity contribution is 5.93. The van der Waals surface area contributed by atoms with Gasteiger partial charge in [-0.3, -0.25) is 14.4 Å². The molecule has 2 unspecified atom stereocenters. The Bertz CT molecular complexity index is 1600. The molecule has 3 aromatic carbocycles. The number of hydrogen-bond donors (Lipinski definition) is 3. The molecule has 0 saturated carbocycles. The Morgan fingerprint density at radius 3 is 2.59 bits per heavy atom. The third-order valence-corrected chi connectivity index (χ3v) is 6.77. The predicted octanol–water partition coefficient (Wildman–Crippen LogP) is 4.27. The number of aromatic nitrogens is 1. The first kappa shape index (κ1) is 25.5. The fourth-order valence-electron chi connectivity index (χ4n) is 4.78. The summed E-state index contributed by atoms with van der Waals surface area (Å²) in [6.07, 6.45) is 0.114. The van der Waals surface area contributed by atoms with Crippen LogP contribution in [0.15, 0.2) is 71.1 Å². The average molecular weight is 524 g/mol. The van der Waals surface area contributed by atoms with Crippen LogP contribution in [0.3, 0.4) is 0 Å². The summed E-state index contributed by atoms with van der Waals surface area (Å²) in [5.41, 5.74) is 4.48. The lowest BCUT2D eigenvalue weighted by molar-refractivity contribution is -0.141. The lowest BCUT2D eigenvalue weighted by atomic mass is 9.89. The lowest BCUT2D eigenvalue weighted by Crippen LogP contribution is -2.27. The van der Waals surface area contributed by atoms with Crippen LogP contribution < -0.4 is 10.6 Å². The molecule has 0 spiro atoms. The number of oxazole rings is 1. The second kappa shape index (κ2) is 10.7. The van der Waals surface area contributed by atoms with E-state index in [1.165, 1.54) is 6.92 Å². The molecule has 1 fully saturated rings. The third-order valence-electron chi connectivity index (χ3n) is 6.77. The van der Waals surface area contributed by atoms with E-state index in [-0.39, 0.29) is 36.7 Å². The summed E-state index contributed by atoms with van der Waals surface area (Å²) >= 11 is 0. The molecule has 2 heterocycles. The van der Waals surface area contributed by atoms with Crippen molar-refractivity contribution in [2.45, 2.75) is 19.3 Å². The minimum Gasteiger partial charge on any atom is -0.481 e. The van der Waals surface area contributed by atoms with E-state index in [0.29, 0.717) is 34.6 Å². The van der Waals surface area contributed by atoms with E-state index < -0.39 is 11.9 Å². The van der Waals surface area contributed by atoms with Crippen molar-refractivity contribution in [3.63, 3.8) is 0 Å². The molecular weight excluding hydrogens is 498 g/mol. The van der Waals surface area contributed by atoms with Crippen LogP contribution in [0.1, 0.15) is 29.5 Å². The molecule has 1 aromatic heterocycles. The Hall–Kier alpha value is -5.17. The van der Waals surface area contributed by atoms with Crippen molar-refractivity contribution in [1.29, 1.82) is 5.26 Å². The number of anilines is 3. The van der Waals surface area contributed by atoms with E-state index in [2.05, 4.69) is 21.7 Å². The molecule has 196 valence electrons. The van der Waals surface area contributed by atoms with Gasteiger partial charge in [0.25, 0.3) is 6.01 Å². The van der Waals surface area contributed by atoms with Crippen molar-refractivity contribution >= 4 is 46.3 Å². The molecule has 5 rings (SSSR count). The quantitative estimate of drug-likeness (QED) is 0.325. The first-order valence-corrected chi connectivity index (χ1v) is 12.3. The van der Waals surface area contributed by atoms with E-state index in [9.17, 15) is 19.5 Å². The fraction of sp³-hybridized carbons (Fsp3) is 0.207. The largest absolute Gasteiger partial charge is 0.481 e. The van der Waals surface area contributed by atoms with Crippen molar-refractivity contribution in [1.82, 2.24) is 9.88 Å². The number of carboxylic acid groups (broad SMARTS) is 1. The van der Waals surface area contributed by atoms with Crippen molar-refractivity contribution in [3.05, 3.63) is 83.4 Å². The molecule has 1 aliphatic rings. The van der Waals surface area contributed by atoms with Crippen LogP contribution >= 0.6 is 0 Å². The molecule has 4 aromatic rings. The number of amides is 2. The Kier molecular flexibility index (Phi) is 6.97. The third kappa shape index (κ3) is 5.72. The van der Waals surface area contributed by atoms with Crippen molar-refractivity contribution in [3.8, 4) is 6.07 Å². The Morgan fingerprint density at radius 2 is 1.87 bits per heavy atom. The predicted molar refractivity (Wildman–Crippen MR) is 143 cm³/mol. The summed E-state index contributed by atoms with van der Waals surface area (Å²) < 4.78 is 5.79. The van der Waals surface area contributed by atoms with Gasteiger partial charge in [0.05, 0.1) is 24.0 Å². The van der Waals surface area contributed by atoms with Gasteiger partial charge in [-0.05, 0) is 53.6 Å². The van der Waals surface area contributed by atoms with Crippen molar-refractivity contribution in [2.75, 3.05) is 23.7 Å². The lowest BCUT2D eigenvalue weighted by Gasteiger charge is -2.16. The number of aliphatic carboxylic acids is 1. The summed E-state index contributed by atoms with van der Waals surface area (Å²) in [5.74, 6) is -2.27. The highest BCUT2D eigenvalue weighted by Crippen LogP contribution is 2.33. The maximum atomic E-state index is 12.7. The first-order chi connectivity index (χ1) is 18.8. The Balaban J connectivity index is 1.22. The number of nitriles is 1. The number of rotatable bonds is 7. The van der Waals surface area contributed by atoms with Crippen LogP contribution in [0.2, 0.25) is 0 Å². The fourth-order valence-corrected chi connectivity index (χ4v) is 4.78. The zero-order valence-electron chi connectivity index (χ0n) is 21.0. The maximum Gasteiger partial charge on any atom is 0.308 e. The topological polar surface area (TPSA) is 149 Å². The molecule has 0 radical (unpaired) electrons. The van der Waals surface area contributed by atoms with E-state index in [1.54, 1.807) is 71.6 Å². The SMILES string of the molecule is CC(=O)N1CC(C(=O)O)C(c2ccc(NC(=O)Cc3ccc4nc(Nc5cccc(C#N)c5)oc4c3)cc2)C1. The minimum atomic E-state index is -0.930. The van der Waals surface area contributed by atoms with Crippen LogP contribution in [-0.2, 0) is 20.8 Å². The van der Waals surface area contributed by atoms with Gasteiger partial charge < -0.3 is 25.1 Å². The van der Waals surface area contributed by atoms with Gasteiger partial charge in [-0.15, -0.1) is 0 Å². The summed E-state index contributed by atoms with van der Waals surface area (Å²) in [7, 11) is 0. The first-order valence-electron chi connectivity index (χ1n) is 12.3. The molecule has 0 bridgehead atoms. The standard InChI is InChI=1S/C29H25N5O5/c1-17(35)34-15-23(24(16-34)28(37)38)20-6-8-21(9-7-20)31-27(36)13-18-5-10-25-26(12-18)39-29(33-25)32-22-4-2-3-19(11-22)14-30/h2-12,23-24H,13,15-16H2,1H3,(H,31,36)(H,32,33)(H,37,38). The molecule has 2 atom stereocenters. The minimum absolute atomic E-state index is 0.114. The molecule has 3 N–H and O–H groups in total. The van der Waals surface area contributed by atoms with E-state index in [1.807, 2.05) is 0 Å². The number of carboxylic acids is 1. The molecule has 1 aliphatic heterocycles. The molecule has 10 nitrogen and oxygen atoms in total. The van der Waals surface area contributed by atoms with Crippen molar-refractivity contribution in [2.24, 2.45) is 5.92 Å². The van der Waals surface area contributed by atoms with Crippen LogP contribution in [0.25, 0.3) is 11.1 Å². The van der Waals surface area contributed by atoms with Crippen LogP contribution in [-0.4, -0.2) is 45.9 Å². The van der Waals surface area contributed by atoms with Gasteiger partial charge in [0.15, 0.2) is 5.58 Å². The molecule has 1 saturated heterocycles. The number of hydrogen-bond acceptors (Lipinski definition) is 7. The second-order valence-electron chi connectivity index (χ2n) is 9.46. The van der Waals surface area contributed by atoms with E-state index in [4.69, 9.17) is 9.68 Å². The highest BCUT2D eigenvalue weighted by atomic mass is 16.4. The van der Waals surface area contributed by atoms with Gasteiger partial charge in [0, 0.05) is 37.3 Å². The van der Waals surface area contributed by atoms with Crippen LogP contribution in [0, 0.1) is 17.2 Å². The van der Waals surface area contributed by atoms with Crippen LogP contribution in [0.5, 0.6) is 0 Å². The second-order valence-corrected chi connectivity index (χ2v) is 9.46. The van der Waals surface area contributed by atoms with Gasteiger partial charge in [-0.1, -0.05) is 24.3 Å². The zero-order chi connectivity index (χ0) is 27.5. The molecule has 10 heteroatoms. The number of carbonyl (C=O) groups is 3. The monoisotopic (exact) mass is 523 g/mol. The molecular formula is C29H25N5O5. The maximum absolute atomic E-state index is 12.7. The molecule has 0 aliphatic carbocycles. The molecule has 39 heavy (non-hydrogen) atoms. The zero-order valence-corrected chi connectivity index (χ0v) is 21.0. The summed E-state index contributed by atoms with van der Waals surface area (Å²) in [6, 6.07) is 21.7. The summed E-state index contributed by atoms with van der Waals surface area (Å²) in [4.78, 5) is 42.1. The number of nitrogens with one attached hydrogen (secondary N) is 2. The van der Waals surface area contributed by atoms with Crippen LogP contribution in [0.4, 0.5) is 17.4 Å². The number of likely N-dealkylation sites (tertiary alicyclic amines) is 1. The summed E-state index contributed by atoms with van der Waals surface area (Å²) in [5, 5.41) is 24.6. The normalized spacial score (nSPS) is 16.6. The van der Waals surface area contributed by atoms with E-state index in [0.717, 1.165) is 11.1 Å². The van der Waals surface area contributed by atoms with Gasteiger partial charge in [0.1, 0.15) is 5.52 Å². The van der Waals surface area contributed by atoms with Gasteiger partial charge >= 0.3 is 5.97 Å². The van der Waals surface area contributed by atoms with Gasteiger partial charge in [0.2, 0.25) is 11.8 Å². The highest BCUT2D eigenvalue weighted by Gasteiger charge is 2.39. The van der Waals surface area contributed by atoms with Gasteiger partial charge in [-0.2, -0.15) is 10.2 Å². The molecule has 2 amide bonds. The Morgan fingerprint density at radius 1 is 1.08 bits per heavy atom. The smallest absolute Gasteiger partial charge is 0.308 e. The number of carbonyl (C=O) groups excluding carboxylic acids is 2. The number of nitrogens with zero attached hydrogens (tertiary/aromatic N) is 3. The average Bonchev–Trinajstić information content (AvgIpc) is 3.53. The van der Waals surface area contributed by atoms with E-state index >= 15 is 0 Å². The number of benzene rings is 3. The Labute approximate surface area is 223 Å². The number of fused-ring (bicyclic) bond motifs is 1.